The second kappa shape index (κ2) is 10.7. The third kappa shape index (κ3) is 6.16. The summed E-state index contributed by atoms with van der Waals surface area (Å²) < 4.78 is 86.2. The van der Waals surface area contributed by atoms with Crippen LogP contribution >= 0.6 is 0 Å². The molecule has 15 heteroatoms. The number of amides is 2. The first-order valence-corrected chi connectivity index (χ1v) is 9.81. The Morgan fingerprint density at radius 2 is 1.78 bits per heavy atom. The molecule has 0 aliphatic heterocycles. The maximum atomic E-state index is 14.1. The van der Waals surface area contributed by atoms with Gasteiger partial charge in [0.15, 0.2) is 0 Å². The molecule has 2 N–H and O–H groups in total. The van der Waals surface area contributed by atoms with Crippen LogP contribution in [0.5, 0.6) is 5.88 Å². The Morgan fingerprint density at radius 1 is 1.17 bits per heavy atom. The van der Waals surface area contributed by atoms with E-state index in [-0.39, 0.29) is 11.6 Å². The van der Waals surface area contributed by atoms with E-state index in [2.05, 4.69) is 11.6 Å². The van der Waals surface area contributed by atoms with E-state index in [1.807, 2.05) is 0 Å². The van der Waals surface area contributed by atoms with Gasteiger partial charge in [-0.2, -0.15) is 26.3 Å². The lowest BCUT2D eigenvalue weighted by Crippen LogP contribution is -2.59. The second-order valence-corrected chi connectivity index (χ2v) is 7.19. The molecule has 1 unspecified atom stereocenters. The van der Waals surface area contributed by atoms with Crippen LogP contribution in [0, 0.1) is 10.1 Å². The van der Waals surface area contributed by atoms with Crippen LogP contribution in [-0.2, 0) is 22.3 Å². The minimum Gasteiger partial charge on any atom is -0.493 e. The van der Waals surface area contributed by atoms with Crippen molar-refractivity contribution in [2.75, 3.05) is 0 Å². The van der Waals surface area contributed by atoms with Gasteiger partial charge in [-0.25, -0.2) is 4.98 Å². The van der Waals surface area contributed by atoms with Crippen LogP contribution in [0.25, 0.3) is 0 Å². The molecule has 0 spiro atoms. The molecule has 194 valence electrons. The van der Waals surface area contributed by atoms with Crippen molar-refractivity contribution in [1.82, 2.24) is 10.3 Å². The summed E-state index contributed by atoms with van der Waals surface area (Å²) in [6, 6.07) is 7.11. The summed E-state index contributed by atoms with van der Waals surface area (Å²) in [5.41, 5.74) is -8.54. The fraction of sp³-hybridized carbons (Fsp3) is 0.286. The number of hydrogen-bond acceptors (Lipinski definition) is 7. The number of rotatable bonds is 9. The maximum Gasteiger partial charge on any atom is 0.426 e. The second-order valence-electron chi connectivity index (χ2n) is 7.19. The van der Waals surface area contributed by atoms with Crippen LogP contribution in [0.1, 0.15) is 34.5 Å². The van der Waals surface area contributed by atoms with Crippen molar-refractivity contribution in [3.63, 3.8) is 0 Å². The Hall–Kier alpha value is -4.01. The molecular formula is C21H17F6N3O6. The number of ether oxygens (including phenoxy) is 1. The van der Waals surface area contributed by atoms with Crippen LogP contribution in [0.2, 0.25) is 0 Å². The van der Waals surface area contributed by atoms with Crippen molar-refractivity contribution in [2.24, 2.45) is 0 Å². The van der Waals surface area contributed by atoms with Crippen molar-refractivity contribution < 1.29 is 50.7 Å². The van der Waals surface area contributed by atoms with E-state index < -0.39 is 77.0 Å². The zero-order chi connectivity index (χ0) is 27.3. The van der Waals surface area contributed by atoms with Crippen LogP contribution in [0.4, 0.5) is 32.0 Å². The number of carbonyl (C=O) groups excluding carboxylic acids is 2. The predicted octanol–water partition coefficient (Wildman–Crippen LogP) is 4.45. The summed E-state index contributed by atoms with van der Waals surface area (Å²) in [7, 11) is 0. The molecule has 36 heavy (non-hydrogen) atoms. The van der Waals surface area contributed by atoms with Crippen molar-refractivity contribution in [3.8, 4) is 5.88 Å². The molecule has 2 rings (SSSR count). The molecule has 1 aromatic carbocycles. The highest BCUT2D eigenvalue weighted by molar-refractivity contribution is 6.08. The highest BCUT2D eigenvalue weighted by Gasteiger charge is 2.61. The fourth-order valence-electron chi connectivity index (χ4n) is 2.96. The standard InChI is InChI=1S/C21H17F6N3O6/c1-2-3-9-19(21(25,26)27,36-11-12-7-5-4-6-8-12)18(33)29-17(32)15-14(30(34)35)10-13(16(31)28-15)20(22,23)24/h2,4-8,10H,1,3,9,11H2,(H,28,31)(H,29,32,33). The topological polar surface area (TPSA) is 132 Å². The lowest BCUT2D eigenvalue weighted by Gasteiger charge is -2.33. The maximum absolute atomic E-state index is 14.1. The molecule has 0 saturated heterocycles. The van der Waals surface area contributed by atoms with Crippen molar-refractivity contribution in [3.05, 3.63) is 76.0 Å². The third-order valence-electron chi connectivity index (χ3n) is 4.78. The van der Waals surface area contributed by atoms with Gasteiger partial charge in [-0.1, -0.05) is 36.4 Å². The summed E-state index contributed by atoms with van der Waals surface area (Å²) >= 11 is 0. The van der Waals surface area contributed by atoms with Gasteiger partial charge in [0.2, 0.25) is 17.2 Å². The zero-order valence-corrected chi connectivity index (χ0v) is 18.0. The first kappa shape index (κ1) is 28.2. The number of carbonyl (C=O) groups is 2. The van der Waals surface area contributed by atoms with Crippen LogP contribution in [0.3, 0.4) is 0 Å². The molecule has 0 saturated carbocycles. The van der Waals surface area contributed by atoms with Crippen molar-refractivity contribution in [1.29, 1.82) is 0 Å². The highest BCUT2D eigenvalue weighted by atomic mass is 19.4. The Labute approximate surface area is 198 Å². The van der Waals surface area contributed by atoms with E-state index in [4.69, 9.17) is 4.74 Å². The molecule has 0 aliphatic carbocycles. The van der Waals surface area contributed by atoms with E-state index in [1.54, 1.807) is 6.07 Å². The van der Waals surface area contributed by atoms with Crippen LogP contribution in [0.15, 0.2) is 49.1 Å². The Balaban J connectivity index is 2.49. The normalized spacial score (nSPS) is 13.5. The molecule has 2 amide bonds. The number of imide groups is 1. The Bertz CT molecular complexity index is 1150. The highest BCUT2D eigenvalue weighted by Crippen LogP contribution is 2.40. The Kier molecular flexibility index (Phi) is 8.41. The van der Waals surface area contributed by atoms with E-state index in [0.29, 0.717) is 0 Å². The Morgan fingerprint density at radius 3 is 2.28 bits per heavy atom. The van der Waals surface area contributed by atoms with Gasteiger partial charge in [-0.15, -0.1) is 6.58 Å². The third-order valence-corrected chi connectivity index (χ3v) is 4.78. The van der Waals surface area contributed by atoms with Gasteiger partial charge in [0.1, 0.15) is 5.56 Å². The quantitative estimate of drug-likeness (QED) is 0.216. The number of nitro groups is 1. The van der Waals surface area contributed by atoms with Gasteiger partial charge in [0.25, 0.3) is 11.8 Å². The fourth-order valence-corrected chi connectivity index (χ4v) is 2.96. The van der Waals surface area contributed by atoms with E-state index in [9.17, 15) is 51.2 Å². The van der Waals surface area contributed by atoms with E-state index in [0.717, 1.165) is 6.08 Å². The molecule has 1 heterocycles. The summed E-state index contributed by atoms with van der Waals surface area (Å²) in [5, 5.41) is 21.9. The van der Waals surface area contributed by atoms with Gasteiger partial charge in [0.05, 0.1) is 11.5 Å². The van der Waals surface area contributed by atoms with Gasteiger partial charge >= 0.3 is 18.0 Å². The van der Waals surface area contributed by atoms with Gasteiger partial charge in [0, 0.05) is 6.07 Å². The molecule has 1 aromatic heterocycles. The smallest absolute Gasteiger partial charge is 0.426 e. The largest absolute Gasteiger partial charge is 0.493 e. The minimum atomic E-state index is -5.42. The van der Waals surface area contributed by atoms with E-state index >= 15 is 0 Å². The van der Waals surface area contributed by atoms with Gasteiger partial charge in [-0.3, -0.25) is 25.0 Å². The number of alkyl halides is 6. The number of aromatic hydroxyl groups is 1. The van der Waals surface area contributed by atoms with E-state index in [1.165, 1.54) is 29.6 Å². The van der Waals surface area contributed by atoms with Crippen LogP contribution in [-0.4, -0.2) is 38.6 Å². The molecule has 9 nitrogen and oxygen atoms in total. The lowest BCUT2D eigenvalue weighted by molar-refractivity contribution is -0.385. The molecule has 1 atom stereocenters. The lowest BCUT2D eigenvalue weighted by atomic mass is 9.94. The van der Waals surface area contributed by atoms with Crippen molar-refractivity contribution >= 4 is 17.5 Å². The van der Waals surface area contributed by atoms with Gasteiger partial charge in [-0.05, 0) is 18.4 Å². The number of halogens is 6. The number of pyridine rings is 1. The summed E-state index contributed by atoms with van der Waals surface area (Å²) in [4.78, 5) is 37.8. The number of allylic oxidation sites excluding steroid dienone is 1. The zero-order valence-electron chi connectivity index (χ0n) is 18.0. The summed E-state index contributed by atoms with van der Waals surface area (Å²) in [5.74, 6) is -5.93. The molecule has 0 radical (unpaired) electrons. The number of aromatic nitrogens is 1. The average molecular weight is 521 g/mol. The first-order valence-electron chi connectivity index (χ1n) is 9.81. The number of nitrogens with zero attached hydrogens (tertiary/aromatic N) is 2. The molecule has 0 bridgehead atoms. The average Bonchev–Trinajstić information content (AvgIpc) is 2.77. The SMILES string of the molecule is C=CCCC(OCc1ccccc1)(C(=O)NC(=O)c1nc(O)c(C(F)(F)F)cc1[N+](=O)[O-])C(F)(F)F. The molecule has 0 fully saturated rings. The van der Waals surface area contributed by atoms with Crippen molar-refractivity contribution in [2.45, 2.75) is 37.4 Å². The number of nitrogens with one attached hydrogen (secondary N) is 1. The van der Waals surface area contributed by atoms with Gasteiger partial charge < -0.3 is 9.84 Å². The van der Waals surface area contributed by atoms with Crippen LogP contribution < -0.4 is 5.32 Å². The first-order chi connectivity index (χ1) is 16.6. The molecular weight excluding hydrogens is 504 g/mol. The monoisotopic (exact) mass is 521 g/mol. The number of hydrogen-bond donors (Lipinski definition) is 2. The molecule has 0 aliphatic rings. The predicted molar refractivity (Wildman–Crippen MR) is 109 cm³/mol. The summed E-state index contributed by atoms with van der Waals surface area (Å²) in [6.07, 6.45) is -11.2. The summed E-state index contributed by atoms with van der Waals surface area (Å²) in [6.45, 7) is 2.54. The number of benzene rings is 1. The molecule has 2 aromatic rings. The minimum absolute atomic E-state index is 0.230.